The average molecular weight is 405 g/mol. The van der Waals surface area contributed by atoms with Gasteiger partial charge < -0.3 is 11.1 Å². The van der Waals surface area contributed by atoms with Crippen LogP contribution >= 0.6 is 34.4 Å². The second kappa shape index (κ2) is 7.34. The SMILES string of the molecule is NC(=O)c1c(NC(=O)CSc2ncnc3ccsc23)sc2c1CCCC2. The molecule has 0 radical (unpaired) electrons. The number of hydrogen-bond donors (Lipinski definition) is 2. The number of fused-ring (bicyclic) bond motifs is 2. The summed E-state index contributed by atoms with van der Waals surface area (Å²) in [7, 11) is 0. The van der Waals surface area contributed by atoms with Crippen molar-refractivity contribution in [1.29, 1.82) is 0 Å². The number of primary amides is 1. The molecule has 4 rings (SSSR count). The molecule has 3 heterocycles. The summed E-state index contributed by atoms with van der Waals surface area (Å²) in [5.41, 5.74) is 7.97. The molecule has 0 fully saturated rings. The first-order chi connectivity index (χ1) is 12.6. The molecular weight excluding hydrogens is 388 g/mol. The smallest absolute Gasteiger partial charge is 0.251 e. The molecule has 1 aliphatic rings. The Morgan fingerprint density at radius 1 is 1.27 bits per heavy atom. The van der Waals surface area contributed by atoms with E-state index in [9.17, 15) is 9.59 Å². The van der Waals surface area contributed by atoms with Gasteiger partial charge in [0.2, 0.25) is 5.91 Å². The maximum Gasteiger partial charge on any atom is 0.251 e. The summed E-state index contributed by atoms with van der Waals surface area (Å²) in [6.45, 7) is 0. The zero-order valence-corrected chi connectivity index (χ0v) is 16.2. The van der Waals surface area contributed by atoms with Gasteiger partial charge in [-0.3, -0.25) is 9.59 Å². The van der Waals surface area contributed by atoms with Gasteiger partial charge in [-0.15, -0.1) is 22.7 Å². The minimum absolute atomic E-state index is 0.167. The van der Waals surface area contributed by atoms with E-state index in [2.05, 4.69) is 15.3 Å². The van der Waals surface area contributed by atoms with Crippen LogP contribution in [0.4, 0.5) is 5.00 Å². The summed E-state index contributed by atoms with van der Waals surface area (Å²) < 4.78 is 0.981. The summed E-state index contributed by atoms with van der Waals surface area (Å²) in [6.07, 6.45) is 5.47. The molecule has 1 aliphatic carbocycles. The first-order valence-electron chi connectivity index (χ1n) is 8.18. The highest BCUT2D eigenvalue weighted by atomic mass is 32.2. The normalized spacial score (nSPS) is 13.5. The summed E-state index contributed by atoms with van der Waals surface area (Å²) in [4.78, 5) is 34.0. The Kier molecular flexibility index (Phi) is 4.92. The number of nitrogens with one attached hydrogen (secondary N) is 1. The Hall–Kier alpha value is -1.97. The maximum atomic E-state index is 12.4. The second-order valence-electron chi connectivity index (χ2n) is 5.93. The van der Waals surface area contributed by atoms with E-state index in [4.69, 9.17) is 5.73 Å². The van der Waals surface area contributed by atoms with Crippen LogP contribution in [0.5, 0.6) is 0 Å². The predicted octanol–water partition coefficient (Wildman–Crippen LogP) is 3.46. The van der Waals surface area contributed by atoms with Crippen molar-refractivity contribution in [3.63, 3.8) is 0 Å². The van der Waals surface area contributed by atoms with Crippen LogP contribution in [0, 0.1) is 0 Å². The molecule has 0 bridgehead atoms. The lowest BCUT2D eigenvalue weighted by molar-refractivity contribution is -0.113. The van der Waals surface area contributed by atoms with Gasteiger partial charge >= 0.3 is 0 Å². The fraction of sp³-hybridized carbons (Fsp3) is 0.294. The van der Waals surface area contributed by atoms with Gasteiger partial charge in [-0.2, -0.15) is 0 Å². The van der Waals surface area contributed by atoms with Crippen molar-refractivity contribution in [2.75, 3.05) is 11.1 Å². The maximum absolute atomic E-state index is 12.4. The quantitative estimate of drug-likeness (QED) is 0.501. The molecule has 0 aromatic carbocycles. The van der Waals surface area contributed by atoms with Crippen LogP contribution in [0.3, 0.4) is 0 Å². The summed E-state index contributed by atoms with van der Waals surface area (Å²) in [6, 6.07) is 1.93. The van der Waals surface area contributed by atoms with Crippen molar-refractivity contribution < 1.29 is 9.59 Å². The fourth-order valence-electron chi connectivity index (χ4n) is 3.08. The Bertz CT molecular complexity index is 995. The van der Waals surface area contributed by atoms with Crippen LogP contribution in [0.1, 0.15) is 33.6 Å². The van der Waals surface area contributed by atoms with Gasteiger partial charge in [0.25, 0.3) is 5.91 Å². The first kappa shape index (κ1) is 17.4. The first-order valence-corrected chi connectivity index (χ1v) is 10.9. The van der Waals surface area contributed by atoms with Crippen molar-refractivity contribution in [2.24, 2.45) is 5.73 Å². The number of thioether (sulfide) groups is 1. The van der Waals surface area contributed by atoms with Gasteiger partial charge in [0, 0.05) is 4.88 Å². The minimum Gasteiger partial charge on any atom is -0.365 e. The number of carbonyl (C=O) groups is 2. The van der Waals surface area contributed by atoms with E-state index in [-0.39, 0.29) is 11.7 Å². The van der Waals surface area contributed by atoms with Gasteiger partial charge in [-0.05, 0) is 42.7 Å². The molecule has 0 atom stereocenters. The standard InChI is InChI=1S/C17H16N4O2S3/c18-15(23)13-9-3-1-2-4-11(9)26-16(13)21-12(22)7-25-17-14-10(5-6-24-14)19-8-20-17/h5-6,8H,1-4,7H2,(H2,18,23)(H,21,22). The molecule has 6 nitrogen and oxygen atoms in total. The Morgan fingerprint density at radius 2 is 2.12 bits per heavy atom. The van der Waals surface area contributed by atoms with Crippen LogP contribution in [0.25, 0.3) is 10.2 Å². The molecule has 0 aliphatic heterocycles. The van der Waals surface area contributed by atoms with Crippen molar-refractivity contribution in [3.05, 3.63) is 33.8 Å². The largest absolute Gasteiger partial charge is 0.365 e. The van der Waals surface area contributed by atoms with E-state index in [0.29, 0.717) is 10.6 Å². The van der Waals surface area contributed by atoms with Crippen molar-refractivity contribution in [1.82, 2.24) is 9.97 Å². The fourth-order valence-corrected chi connectivity index (χ4v) is 6.14. The van der Waals surface area contributed by atoms with E-state index in [1.807, 2.05) is 11.4 Å². The molecule has 2 amide bonds. The molecule has 26 heavy (non-hydrogen) atoms. The monoisotopic (exact) mass is 404 g/mol. The number of nitrogens with zero attached hydrogens (tertiary/aromatic N) is 2. The van der Waals surface area contributed by atoms with Gasteiger partial charge in [-0.1, -0.05) is 11.8 Å². The number of thiophene rings is 2. The molecule has 9 heteroatoms. The Balaban J connectivity index is 1.49. The molecule has 3 aromatic heterocycles. The summed E-state index contributed by atoms with van der Waals surface area (Å²) in [5.74, 6) is -0.423. The van der Waals surface area contributed by atoms with Gasteiger partial charge in [-0.25, -0.2) is 9.97 Å². The third kappa shape index (κ3) is 3.34. The lowest BCUT2D eigenvalue weighted by Crippen LogP contribution is -2.19. The lowest BCUT2D eigenvalue weighted by atomic mass is 9.95. The number of rotatable bonds is 5. The summed E-state index contributed by atoms with van der Waals surface area (Å²) >= 11 is 4.40. The predicted molar refractivity (Wildman–Crippen MR) is 106 cm³/mol. The zero-order chi connectivity index (χ0) is 18.1. The molecule has 0 spiro atoms. The third-order valence-electron chi connectivity index (χ3n) is 4.22. The van der Waals surface area contributed by atoms with Gasteiger partial charge in [0.05, 0.1) is 21.5 Å². The van der Waals surface area contributed by atoms with E-state index in [1.165, 1.54) is 34.3 Å². The number of carbonyl (C=O) groups excluding carboxylic acids is 2. The molecule has 3 aromatic rings. The van der Waals surface area contributed by atoms with Crippen LogP contribution in [0.2, 0.25) is 0 Å². The molecule has 3 N–H and O–H groups in total. The van der Waals surface area contributed by atoms with Gasteiger partial charge in [0.15, 0.2) is 0 Å². The van der Waals surface area contributed by atoms with Crippen LogP contribution < -0.4 is 11.1 Å². The van der Waals surface area contributed by atoms with Crippen LogP contribution in [0.15, 0.2) is 22.8 Å². The molecular formula is C17H16N4O2S3. The molecule has 0 unspecified atom stereocenters. The van der Waals surface area contributed by atoms with E-state index in [0.717, 1.165) is 46.5 Å². The highest BCUT2D eigenvalue weighted by Crippen LogP contribution is 2.38. The minimum atomic E-state index is -0.469. The van der Waals surface area contributed by atoms with Crippen molar-refractivity contribution in [2.45, 2.75) is 30.7 Å². The number of hydrogen-bond acceptors (Lipinski definition) is 7. The van der Waals surface area contributed by atoms with Crippen LogP contribution in [-0.4, -0.2) is 27.5 Å². The molecule has 0 saturated heterocycles. The van der Waals surface area contributed by atoms with Crippen LogP contribution in [-0.2, 0) is 17.6 Å². The Morgan fingerprint density at radius 3 is 2.96 bits per heavy atom. The average Bonchev–Trinajstić information content (AvgIpc) is 3.23. The lowest BCUT2D eigenvalue weighted by Gasteiger charge is -2.11. The molecule has 134 valence electrons. The van der Waals surface area contributed by atoms with Crippen molar-refractivity contribution >= 4 is 61.5 Å². The number of anilines is 1. The highest BCUT2D eigenvalue weighted by Gasteiger charge is 2.25. The summed E-state index contributed by atoms with van der Waals surface area (Å²) in [5, 5.41) is 6.21. The van der Waals surface area contributed by atoms with E-state index >= 15 is 0 Å². The molecule has 0 saturated carbocycles. The number of aromatic nitrogens is 2. The Labute approximate surface area is 162 Å². The number of aryl methyl sites for hydroxylation is 1. The third-order valence-corrected chi connectivity index (χ3v) is 7.46. The van der Waals surface area contributed by atoms with E-state index in [1.54, 1.807) is 11.3 Å². The van der Waals surface area contributed by atoms with Crippen molar-refractivity contribution in [3.8, 4) is 0 Å². The number of amides is 2. The number of nitrogens with two attached hydrogens (primary N) is 1. The topological polar surface area (TPSA) is 98.0 Å². The van der Waals surface area contributed by atoms with E-state index < -0.39 is 5.91 Å². The van der Waals surface area contributed by atoms with Gasteiger partial charge in [0.1, 0.15) is 16.4 Å². The second-order valence-corrected chi connectivity index (χ2v) is 8.92. The zero-order valence-electron chi connectivity index (χ0n) is 13.8. The highest BCUT2D eigenvalue weighted by molar-refractivity contribution is 8.00.